The number of rotatable bonds is 3. The van der Waals surface area contributed by atoms with Crippen molar-refractivity contribution in [2.24, 2.45) is 0 Å². The van der Waals surface area contributed by atoms with Crippen LogP contribution in [0.1, 0.15) is 45.9 Å². The fourth-order valence-electron chi connectivity index (χ4n) is 4.21. The van der Waals surface area contributed by atoms with Crippen LogP contribution in [0, 0.1) is 6.92 Å². The number of carbonyl (C=O) groups excluding carboxylic acids is 2. The van der Waals surface area contributed by atoms with Gasteiger partial charge in [-0.15, -0.1) is 0 Å². The quantitative estimate of drug-likeness (QED) is 0.904. The summed E-state index contributed by atoms with van der Waals surface area (Å²) in [5, 5.41) is 2.82. The van der Waals surface area contributed by atoms with Crippen molar-refractivity contribution in [1.29, 1.82) is 0 Å². The van der Waals surface area contributed by atoms with Crippen molar-refractivity contribution in [2.45, 2.75) is 32.2 Å². The minimum absolute atomic E-state index is 0.00226. The Morgan fingerprint density at radius 2 is 2.04 bits per heavy atom. The molecule has 140 valence electrons. The van der Waals surface area contributed by atoms with Crippen molar-refractivity contribution in [3.05, 3.63) is 64.7 Å². The number of nitrogens with zero attached hydrogens (tertiary/aromatic N) is 2. The summed E-state index contributed by atoms with van der Waals surface area (Å²) < 4.78 is 0. The lowest BCUT2D eigenvalue weighted by molar-refractivity contribution is 0.0715. The molecule has 5 heteroatoms. The number of hydrogen-bond donors (Lipinski definition) is 1. The minimum atomic E-state index is -0.0998. The zero-order chi connectivity index (χ0) is 19.0. The molecule has 0 radical (unpaired) electrons. The number of amides is 3. The van der Waals surface area contributed by atoms with Crippen molar-refractivity contribution >= 4 is 17.6 Å². The highest BCUT2D eigenvalue weighted by Gasteiger charge is 2.28. The Bertz CT molecular complexity index is 893. The van der Waals surface area contributed by atoms with Crippen LogP contribution < -0.4 is 10.2 Å². The van der Waals surface area contributed by atoms with Gasteiger partial charge in [0.15, 0.2) is 0 Å². The standard InChI is InChI=1S/C22H25N3O2/c1-15-10-11-17(14-20(15)25-13-12-23-22(25)27)21(26)24(2)19-9-5-7-16-6-3-4-8-18(16)19/h3-4,6,8,10-11,14,19H,5,7,9,12-13H2,1-2H3,(H,23,27)/t19-/m0/s1. The van der Waals surface area contributed by atoms with Gasteiger partial charge in [0.2, 0.25) is 0 Å². The smallest absolute Gasteiger partial charge is 0.322 e. The Hall–Kier alpha value is -2.82. The Morgan fingerprint density at radius 1 is 1.22 bits per heavy atom. The third-order valence-electron chi connectivity index (χ3n) is 5.73. The molecular weight excluding hydrogens is 338 g/mol. The zero-order valence-electron chi connectivity index (χ0n) is 15.9. The Kier molecular flexibility index (Phi) is 4.60. The first kappa shape index (κ1) is 17.6. The highest BCUT2D eigenvalue weighted by atomic mass is 16.2. The molecule has 2 aromatic carbocycles. The van der Waals surface area contributed by atoms with E-state index in [-0.39, 0.29) is 18.0 Å². The molecule has 5 nitrogen and oxygen atoms in total. The van der Waals surface area contributed by atoms with Gasteiger partial charge in [0.1, 0.15) is 0 Å². The molecule has 1 aliphatic carbocycles. The molecule has 2 aliphatic rings. The van der Waals surface area contributed by atoms with Gasteiger partial charge in [-0.1, -0.05) is 30.3 Å². The van der Waals surface area contributed by atoms with Crippen molar-refractivity contribution in [2.75, 3.05) is 25.0 Å². The molecular formula is C22H25N3O2. The second-order valence-electron chi connectivity index (χ2n) is 7.41. The normalized spacial score (nSPS) is 18.8. The third kappa shape index (κ3) is 3.18. The second-order valence-corrected chi connectivity index (χ2v) is 7.41. The van der Waals surface area contributed by atoms with E-state index in [1.807, 2.05) is 43.1 Å². The Labute approximate surface area is 160 Å². The lowest BCUT2D eigenvalue weighted by atomic mass is 9.87. The maximum Gasteiger partial charge on any atom is 0.322 e. The number of carbonyl (C=O) groups is 2. The van der Waals surface area contributed by atoms with Crippen LogP contribution in [0.15, 0.2) is 42.5 Å². The fourth-order valence-corrected chi connectivity index (χ4v) is 4.21. The lowest BCUT2D eigenvalue weighted by Crippen LogP contribution is -2.34. The van der Waals surface area contributed by atoms with Gasteiger partial charge in [-0.2, -0.15) is 0 Å². The van der Waals surface area contributed by atoms with E-state index in [4.69, 9.17) is 0 Å². The number of anilines is 1. The van der Waals surface area contributed by atoms with Crippen molar-refractivity contribution in [1.82, 2.24) is 10.2 Å². The first-order chi connectivity index (χ1) is 13.1. The van der Waals surface area contributed by atoms with Crippen LogP contribution in [0.2, 0.25) is 0 Å². The molecule has 0 saturated carbocycles. The largest absolute Gasteiger partial charge is 0.336 e. The minimum Gasteiger partial charge on any atom is -0.336 e. The molecule has 2 aromatic rings. The van der Waals surface area contributed by atoms with E-state index in [2.05, 4.69) is 23.5 Å². The molecule has 0 bridgehead atoms. The van der Waals surface area contributed by atoms with Crippen molar-refractivity contribution < 1.29 is 9.59 Å². The van der Waals surface area contributed by atoms with Gasteiger partial charge in [0, 0.05) is 31.4 Å². The highest BCUT2D eigenvalue weighted by molar-refractivity contribution is 5.99. The van der Waals surface area contributed by atoms with Crippen LogP contribution in [0.3, 0.4) is 0 Å². The molecule has 4 rings (SSSR count). The SMILES string of the molecule is Cc1ccc(C(=O)N(C)[C@H]2CCCc3ccccc32)cc1N1CCNC1=O. The van der Waals surface area contributed by atoms with Crippen LogP contribution in [-0.2, 0) is 6.42 Å². The predicted molar refractivity (Wildman–Crippen MR) is 106 cm³/mol. The summed E-state index contributed by atoms with van der Waals surface area (Å²) in [5.74, 6) is -0.00226. The predicted octanol–water partition coefficient (Wildman–Crippen LogP) is 3.67. The van der Waals surface area contributed by atoms with Gasteiger partial charge in [-0.3, -0.25) is 9.69 Å². The number of fused-ring (bicyclic) bond motifs is 1. The molecule has 1 atom stereocenters. The number of aryl methyl sites for hydroxylation is 2. The molecule has 1 heterocycles. The Balaban J connectivity index is 1.63. The monoisotopic (exact) mass is 363 g/mol. The number of benzene rings is 2. The van der Waals surface area contributed by atoms with E-state index < -0.39 is 0 Å². The van der Waals surface area contributed by atoms with Gasteiger partial charge in [0.05, 0.1) is 6.04 Å². The average molecular weight is 363 g/mol. The molecule has 1 saturated heterocycles. The van der Waals surface area contributed by atoms with E-state index in [9.17, 15) is 9.59 Å². The second kappa shape index (κ2) is 7.06. The number of nitrogens with one attached hydrogen (secondary N) is 1. The lowest BCUT2D eigenvalue weighted by Gasteiger charge is -2.33. The van der Waals surface area contributed by atoms with Gasteiger partial charge in [-0.05, 0) is 55.0 Å². The van der Waals surface area contributed by atoms with Crippen LogP contribution in [0.25, 0.3) is 0 Å². The maximum absolute atomic E-state index is 13.2. The van der Waals surface area contributed by atoms with Crippen LogP contribution in [0.4, 0.5) is 10.5 Å². The third-order valence-corrected chi connectivity index (χ3v) is 5.73. The van der Waals surface area contributed by atoms with Gasteiger partial charge in [-0.25, -0.2) is 4.79 Å². The van der Waals surface area contributed by atoms with Crippen LogP contribution in [-0.4, -0.2) is 37.0 Å². The maximum atomic E-state index is 13.2. The molecule has 1 aliphatic heterocycles. The first-order valence-electron chi connectivity index (χ1n) is 9.57. The molecule has 27 heavy (non-hydrogen) atoms. The van der Waals surface area contributed by atoms with Crippen LogP contribution >= 0.6 is 0 Å². The van der Waals surface area contributed by atoms with Crippen molar-refractivity contribution in [3.8, 4) is 0 Å². The summed E-state index contributed by atoms with van der Waals surface area (Å²) in [5.41, 5.74) is 5.03. The summed E-state index contributed by atoms with van der Waals surface area (Å²) in [7, 11) is 1.89. The molecule has 0 spiro atoms. The topological polar surface area (TPSA) is 52.7 Å². The van der Waals surface area contributed by atoms with Gasteiger partial charge in [0.25, 0.3) is 5.91 Å². The number of urea groups is 1. The van der Waals surface area contributed by atoms with E-state index in [0.29, 0.717) is 18.7 Å². The number of hydrogen-bond acceptors (Lipinski definition) is 2. The van der Waals surface area contributed by atoms with E-state index in [1.54, 1.807) is 4.90 Å². The summed E-state index contributed by atoms with van der Waals surface area (Å²) in [6, 6.07) is 14.1. The average Bonchev–Trinajstić information content (AvgIpc) is 3.12. The van der Waals surface area contributed by atoms with E-state index >= 15 is 0 Å². The summed E-state index contributed by atoms with van der Waals surface area (Å²) >= 11 is 0. The molecule has 1 N–H and O–H groups in total. The fraction of sp³-hybridized carbons (Fsp3) is 0.364. The molecule has 0 aromatic heterocycles. The van der Waals surface area contributed by atoms with E-state index in [1.165, 1.54) is 11.1 Å². The molecule has 1 fully saturated rings. The summed E-state index contributed by atoms with van der Waals surface area (Å²) in [4.78, 5) is 28.8. The summed E-state index contributed by atoms with van der Waals surface area (Å²) in [6.07, 6.45) is 3.15. The summed E-state index contributed by atoms with van der Waals surface area (Å²) in [6.45, 7) is 3.23. The zero-order valence-corrected chi connectivity index (χ0v) is 15.9. The Morgan fingerprint density at radius 3 is 2.81 bits per heavy atom. The highest BCUT2D eigenvalue weighted by Crippen LogP contribution is 2.34. The van der Waals surface area contributed by atoms with Crippen LogP contribution in [0.5, 0.6) is 0 Å². The van der Waals surface area contributed by atoms with Crippen molar-refractivity contribution in [3.63, 3.8) is 0 Å². The van der Waals surface area contributed by atoms with E-state index in [0.717, 1.165) is 30.5 Å². The van der Waals surface area contributed by atoms with Gasteiger partial charge >= 0.3 is 6.03 Å². The van der Waals surface area contributed by atoms with Gasteiger partial charge < -0.3 is 10.2 Å². The molecule has 3 amide bonds. The first-order valence-corrected chi connectivity index (χ1v) is 9.57. The molecule has 0 unspecified atom stereocenters.